The second kappa shape index (κ2) is 11.4. The van der Waals surface area contributed by atoms with Crippen molar-refractivity contribution in [3.63, 3.8) is 0 Å². The van der Waals surface area contributed by atoms with Crippen LogP contribution in [0.25, 0.3) is 22.5 Å². The first kappa shape index (κ1) is 28.6. The number of aromatic amines is 1. The van der Waals surface area contributed by atoms with Crippen LogP contribution in [0.4, 0.5) is 0 Å². The van der Waals surface area contributed by atoms with E-state index in [0.29, 0.717) is 18.1 Å². The van der Waals surface area contributed by atoms with Crippen LogP contribution < -0.4 is 0 Å². The van der Waals surface area contributed by atoms with Crippen molar-refractivity contribution < 1.29 is 24.2 Å². The lowest BCUT2D eigenvalue weighted by Gasteiger charge is -2.23. The molecule has 0 bridgehead atoms. The molecule has 210 valence electrons. The number of aryl methyl sites for hydroxylation is 1. The van der Waals surface area contributed by atoms with Gasteiger partial charge in [0.1, 0.15) is 18.0 Å². The number of aliphatic hydroxyl groups is 1. The Morgan fingerprint density at radius 3 is 2.23 bits per heavy atom. The van der Waals surface area contributed by atoms with E-state index in [9.17, 15) is 14.7 Å². The number of tetrazole rings is 1. The van der Waals surface area contributed by atoms with Gasteiger partial charge in [0.2, 0.25) is 0 Å². The van der Waals surface area contributed by atoms with E-state index < -0.39 is 23.0 Å². The number of carbonyl (C=O) groups excluding carboxylic acids is 2. The van der Waals surface area contributed by atoms with E-state index in [-0.39, 0.29) is 24.7 Å². The van der Waals surface area contributed by atoms with Crippen molar-refractivity contribution in [2.24, 2.45) is 5.41 Å². The van der Waals surface area contributed by atoms with Crippen molar-refractivity contribution in [1.29, 1.82) is 0 Å². The first-order valence-corrected chi connectivity index (χ1v) is 13.0. The summed E-state index contributed by atoms with van der Waals surface area (Å²) < 4.78 is 12.7. The molecule has 0 aliphatic carbocycles. The third kappa shape index (κ3) is 6.26. The van der Waals surface area contributed by atoms with E-state index in [4.69, 9.17) is 9.47 Å². The topological polar surface area (TPSA) is 145 Å². The average molecular weight is 547 g/mol. The number of imidazole rings is 1. The predicted molar refractivity (Wildman–Crippen MR) is 147 cm³/mol. The average Bonchev–Trinajstić information content (AvgIpc) is 3.58. The zero-order valence-corrected chi connectivity index (χ0v) is 23.6. The molecule has 11 nitrogen and oxygen atoms in total. The molecule has 2 aromatic heterocycles. The number of rotatable bonds is 9. The number of hydrogen-bond acceptors (Lipinski definition) is 9. The van der Waals surface area contributed by atoms with Crippen molar-refractivity contribution in [3.8, 4) is 22.5 Å². The maximum absolute atomic E-state index is 13.2. The number of aromatic nitrogens is 6. The van der Waals surface area contributed by atoms with Gasteiger partial charge < -0.3 is 14.6 Å². The number of carbonyl (C=O) groups is 2. The summed E-state index contributed by atoms with van der Waals surface area (Å²) >= 11 is 0. The Labute approximate surface area is 232 Å². The summed E-state index contributed by atoms with van der Waals surface area (Å²) in [6, 6.07) is 15.4. The van der Waals surface area contributed by atoms with Gasteiger partial charge in [-0.1, -0.05) is 55.5 Å². The smallest absolute Gasteiger partial charge is 0.359 e. The second-order valence-electron chi connectivity index (χ2n) is 10.9. The van der Waals surface area contributed by atoms with Crippen molar-refractivity contribution in [2.45, 2.75) is 66.9 Å². The number of benzene rings is 2. The maximum atomic E-state index is 13.2. The van der Waals surface area contributed by atoms with Crippen molar-refractivity contribution in [3.05, 3.63) is 71.3 Å². The van der Waals surface area contributed by atoms with E-state index in [1.807, 2.05) is 55.5 Å². The number of nitrogens with zero attached hydrogens (tertiary/aromatic N) is 5. The van der Waals surface area contributed by atoms with Gasteiger partial charge in [0.15, 0.2) is 18.2 Å². The van der Waals surface area contributed by atoms with E-state index in [1.165, 1.54) is 0 Å². The Bertz CT molecular complexity index is 1480. The molecule has 0 unspecified atom stereocenters. The molecule has 0 saturated carbocycles. The fraction of sp³-hybridized carbons (Fsp3) is 0.379. The highest BCUT2D eigenvalue weighted by atomic mass is 16.5. The van der Waals surface area contributed by atoms with E-state index >= 15 is 0 Å². The largest absolute Gasteiger partial charge is 0.456 e. The van der Waals surface area contributed by atoms with Gasteiger partial charge in [-0.15, -0.1) is 5.10 Å². The SMILES string of the molecule is CCc1nc(C(=O)OCc2ccc(-c3ccccc3-c3nnn[nH]3)cc2)c(C(C)(C)O)n1COC(=O)C(C)(C)C. The second-order valence-corrected chi connectivity index (χ2v) is 10.9. The third-order valence-corrected chi connectivity index (χ3v) is 6.24. The highest BCUT2D eigenvalue weighted by Crippen LogP contribution is 2.30. The summed E-state index contributed by atoms with van der Waals surface area (Å²) in [5, 5.41) is 25.0. The van der Waals surface area contributed by atoms with Crippen molar-refractivity contribution in [2.75, 3.05) is 0 Å². The molecule has 0 atom stereocenters. The fourth-order valence-corrected chi connectivity index (χ4v) is 4.22. The molecule has 0 amide bonds. The molecule has 0 radical (unpaired) electrons. The number of H-pyrrole nitrogens is 1. The van der Waals surface area contributed by atoms with E-state index in [0.717, 1.165) is 22.3 Å². The minimum Gasteiger partial charge on any atom is -0.456 e. The van der Waals surface area contributed by atoms with Crippen molar-refractivity contribution >= 4 is 11.9 Å². The molecule has 2 N–H and O–H groups in total. The zero-order chi connectivity index (χ0) is 29.1. The molecule has 0 aliphatic heterocycles. The molecule has 0 fully saturated rings. The van der Waals surface area contributed by atoms with Gasteiger partial charge in [0.05, 0.1) is 11.1 Å². The van der Waals surface area contributed by atoms with Gasteiger partial charge in [0.25, 0.3) is 0 Å². The fourth-order valence-electron chi connectivity index (χ4n) is 4.22. The lowest BCUT2D eigenvalue weighted by Crippen LogP contribution is -2.28. The quantitative estimate of drug-likeness (QED) is 0.291. The lowest BCUT2D eigenvalue weighted by atomic mass is 9.97. The monoisotopic (exact) mass is 546 g/mol. The lowest BCUT2D eigenvalue weighted by molar-refractivity contribution is -0.157. The van der Waals surface area contributed by atoms with Crippen LogP contribution in [0.3, 0.4) is 0 Å². The number of esters is 2. The van der Waals surface area contributed by atoms with Crippen LogP contribution in [0.5, 0.6) is 0 Å². The molecule has 4 aromatic rings. The number of ether oxygens (including phenoxy) is 2. The Kier molecular flexibility index (Phi) is 8.15. The van der Waals surface area contributed by atoms with Crippen LogP contribution in [0.1, 0.15) is 69.1 Å². The summed E-state index contributed by atoms with van der Waals surface area (Å²) in [4.78, 5) is 30.0. The Morgan fingerprint density at radius 1 is 0.975 bits per heavy atom. The summed E-state index contributed by atoms with van der Waals surface area (Å²) in [7, 11) is 0. The van der Waals surface area contributed by atoms with Gasteiger partial charge in [-0.05, 0) is 61.7 Å². The molecule has 0 aliphatic rings. The van der Waals surface area contributed by atoms with Gasteiger partial charge in [-0.3, -0.25) is 9.36 Å². The van der Waals surface area contributed by atoms with Crippen LogP contribution in [-0.4, -0.2) is 47.2 Å². The third-order valence-electron chi connectivity index (χ3n) is 6.24. The summed E-state index contributed by atoms with van der Waals surface area (Å²) in [6.07, 6.45) is 0.455. The molecule has 4 rings (SSSR count). The molecule has 2 heterocycles. The van der Waals surface area contributed by atoms with Crippen molar-refractivity contribution in [1.82, 2.24) is 30.2 Å². The summed E-state index contributed by atoms with van der Waals surface area (Å²) in [6.45, 7) is 10.1. The van der Waals surface area contributed by atoms with Crippen LogP contribution in [-0.2, 0) is 39.6 Å². The minimum atomic E-state index is -1.45. The first-order valence-electron chi connectivity index (χ1n) is 13.0. The van der Waals surface area contributed by atoms with Gasteiger partial charge in [-0.2, -0.15) is 0 Å². The van der Waals surface area contributed by atoms with Crippen LogP contribution >= 0.6 is 0 Å². The van der Waals surface area contributed by atoms with Gasteiger partial charge >= 0.3 is 11.9 Å². The molecule has 40 heavy (non-hydrogen) atoms. The molecular formula is C29H34N6O5. The molecule has 11 heteroatoms. The Balaban J connectivity index is 1.52. The molecule has 2 aromatic carbocycles. The zero-order valence-electron chi connectivity index (χ0n) is 23.6. The van der Waals surface area contributed by atoms with Crippen LogP contribution in [0, 0.1) is 5.41 Å². The van der Waals surface area contributed by atoms with Crippen LogP contribution in [0.2, 0.25) is 0 Å². The predicted octanol–water partition coefficient (Wildman–Crippen LogP) is 4.42. The first-order chi connectivity index (χ1) is 18.9. The number of hydrogen-bond donors (Lipinski definition) is 2. The van der Waals surface area contributed by atoms with Crippen LogP contribution in [0.15, 0.2) is 48.5 Å². The summed E-state index contributed by atoms with van der Waals surface area (Å²) in [5.74, 6) is -0.0244. The maximum Gasteiger partial charge on any atom is 0.359 e. The normalized spacial score (nSPS) is 11.9. The molecular weight excluding hydrogens is 512 g/mol. The van der Waals surface area contributed by atoms with Gasteiger partial charge in [-0.25, -0.2) is 14.9 Å². The van der Waals surface area contributed by atoms with E-state index in [2.05, 4.69) is 25.6 Å². The standard InChI is InChI=1S/C29H34N6O5/c1-7-22-30-23(24(29(5,6)38)35(22)17-40-27(37)28(2,3)4)26(36)39-16-18-12-14-19(15-13-18)20-10-8-9-11-21(20)25-31-33-34-32-25/h8-15,38H,7,16-17H2,1-6H3,(H,31,32,33,34). The molecule has 0 saturated heterocycles. The highest BCUT2D eigenvalue weighted by Gasteiger charge is 2.33. The Morgan fingerprint density at radius 2 is 1.65 bits per heavy atom. The number of nitrogens with one attached hydrogen (secondary N) is 1. The Hall–Kier alpha value is -4.38. The molecule has 0 spiro atoms. The minimum absolute atomic E-state index is 0.00537. The highest BCUT2D eigenvalue weighted by molar-refractivity contribution is 5.89. The summed E-state index contributed by atoms with van der Waals surface area (Å²) in [5.41, 5.74) is 1.60. The van der Waals surface area contributed by atoms with Gasteiger partial charge in [0, 0.05) is 12.0 Å². The van der Waals surface area contributed by atoms with E-state index in [1.54, 1.807) is 39.2 Å².